The Hall–Kier alpha value is -2.22. The quantitative estimate of drug-likeness (QED) is 0.345. The maximum atomic E-state index is 12.9. The van der Waals surface area contributed by atoms with Gasteiger partial charge in [-0.25, -0.2) is 4.21 Å². The fraction of sp³-hybridized carbons (Fsp3) is 0.594. The molecule has 2 fully saturated rings. The van der Waals surface area contributed by atoms with Gasteiger partial charge in [-0.3, -0.25) is 14.6 Å². The van der Waals surface area contributed by atoms with Gasteiger partial charge >= 0.3 is 0 Å². The van der Waals surface area contributed by atoms with Crippen molar-refractivity contribution in [2.24, 2.45) is 0 Å². The summed E-state index contributed by atoms with van der Waals surface area (Å²) in [5.74, 6) is 0.227. The van der Waals surface area contributed by atoms with Crippen LogP contribution in [0.2, 0.25) is 0 Å². The molecule has 1 aliphatic heterocycles. The number of rotatable bonds is 13. The number of unbranched alkanes of at least 4 members (excludes halogenated alkanes) is 1. The highest BCUT2D eigenvalue weighted by molar-refractivity contribution is 7.85. The minimum absolute atomic E-state index is 0.227. The number of benzene rings is 2. The lowest BCUT2D eigenvalue weighted by Crippen LogP contribution is -2.49. The summed E-state index contributed by atoms with van der Waals surface area (Å²) in [7, 11) is -1.05. The van der Waals surface area contributed by atoms with Crippen molar-refractivity contribution in [3.63, 3.8) is 0 Å². The first-order valence-corrected chi connectivity index (χ1v) is 16.6. The second-order valence-corrected chi connectivity index (χ2v) is 12.6. The summed E-state index contributed by atoms with van der Waals surface area (Å²) >= 11 is 0. The van der Waals surface area contributed by atoms with Gasteiger partial charge in [0.05, 0.1) is 6.54 Å². The number of nitrogens with one attached hydrogen (secondary N) is 2. The average molecular weight is 553 g/mol. The van der Waals surface area contributed by atoms with E-state index in [1.165, 1.54) is 42.4 Å². The van der Waals surface area contributed by atoms with Crippen molar-refractivity contribution in [2.75, 3.05) is 37.2 Å². The molecule has 1 amide bonds. The van der Waals surface area contributed by atoms with Crippen molar-refractivity contribution < 1.29 is 9.00 Å². The van der Waals surface area contributed by atoms with Gasteiger partial charge in [-0.05, 0) is 87.0 Å². The van der Waals surface area contributed by atoms with Crippen LogP contribution in [0.25, 0.3) is 0 Å². The molecule has 1 saturated heterocycles. The van der Waals surface area contributed by atoms with E-state index < -0.39 is 11.0 Å². The van der Waals surface area contributed by atoms with Crippen molar-refractivity contribution in [2.45, 2.75) is 89.8 Å². The fourth-order valence-corrected chi connectivity index (χ4v) is 6.48. The predicted molar refractivity (Wildman–Crippen MR) is 163 cm³/mol. The van der Waals surface area contributed by atoms with Crippen molar-refractivity contribution in [1.29, 1.82) is 0 Å². The molecule has 2 aliphatic rings. The molecule has 2 N–H and O–H groups in total. The first-order valence-electron chi connectivity index (χ1n) is 15.0. The fourth-order valence-electron chi connectivity index (χ4n) is 6.01. The monoisotopic (exact) mass is 552 g/mol. The standard InChI is InChI=1S/C32H48N4O2S/c1-3-4-20-36(25-32(37)33-29-8-6-5-7-9-29)31-18-21-35(22-19-31)24-28-12-10-26(11-13-28)23-27-14-16-30(17-15-27)34-39(2)38/h10-17,29,31,34H,3-9,18-25H2,1-2H3,(H,33,37). The first-order chi connectivity index (χ1) is 19.0. The van der Waals surface area contributed by atoms with E-state index in [2.05, 4.69) is 63.2 Å². The molecule has 4 rings (SSSR count). The molecule has 0 spiro atoms. The van der Waals surface area contributed by atoms with E-state index in [9.17, 15) is 9.00 Å². The number of amides is 1. The highest BCUT2D eigenvalue weighted by atomic mass is 32.2. The van der Waals surface area contributed by atoms with Crippen LogP contribution < -0.4 is 10.0 Å². The summed E-state index contributed by atoms with van der Waals surface area (Å²) in [6, 6.07) is 18.1. The van der Waals surface area contributed by atoms with Gasteiger partial charge in [0.15, 0.2) is 0 Å². The lowest BCUT2D eigenvalue weighted by molar-refractivity contribution is -0.124. The first kappa shape index (κ1) is 29.8. The Morgan fingerprint density at radius 1 is 0.923 bits per heavy atom. The topological polar surface area (TPSA) is 64.7 Å². The summed E-state index contributed by atoms with van der Waals surface area (Å²) in [5, 5.41) is 3.33. The Bertz CT molecular complexity index is 1030. The molecule has 0 aromatic heterocycles. The lowest BCUT2D eigenvalue weighted by Gasteiger charge is -2.38. The summed E-state index contributed by atoms with van der Waals surface area (Å²) in [5.41, 5.74) is 4.79. The van der Waals surface area contributed by atoms with Crippen LogP contribution in [-0.2, 0) is 28.7 Å². The summed E-state index contributed by atoms with van der Waals surface area (Å²) in [6.07, 6.45) is 13.2. The van der Waals surface area contributed by atoms with Gasteiger partial charge in [-0.1, -0.05) is 69.0 Å². The zero-order chi connectivity index (χ0) is 27.5. The maximum Gasteiger partial charge on any atom is 0.234 e. The number of hydrogen-bond acceptors (Lipinski definition) is 4. The van der Waals surface area contributed by atoms with E-state index in [1.54, 1.807) is 6.26 Å². The van der Waals surface area contributed by atoms with Crippen LogP contribution in [0.4, 0.5) is 5.69 Å². The van der Waals surface area contributed by atoms with Crippen molar-refractivity contribution >= 4 is 22.6 Å². The minimum Gasteiger partial charge on any atom is -0.352 e. The van der Waals surface area contributed by atoms with E-state index in [0.717, 1.165) is 70.4 Å². The van der Waals surface area contributed by atoms with Crippen LogP contribution in [0.15, 0.2) is 48.5 Å². The number of nitrogens with zero attached hydrogens (tertiary/aromatic N) is 2. The average Bonchev–Trinajstić information content (AvgIpc) is 2.94. The van der Waals surface area contributed by atoms with E-state index in [0.29, 0.717) is 18.6 Å². The third-order valence-corrected chi connectivity index (χ3v) is 8.77. The number of hydrogen-bond donors (Lipinski definition) is 2. The van der Waals surface area contributed by atoms with E-state index in [4.69, 9.17) is 0 Å². The number of likely N-dealkylation sites (tertiary alicyclic amines) is 1. The number of piperidine rings is 1. The van der Waals surface area contributed by atoms with Gasteiger partial charge < -0.3 is 10.0 Å². The maximum absolute atomic E-state index is 12.9. The Labute approximate surface area is 238 Å². The molecule has 0 radical (unpaired) electrons. The second kappa shape index (κ2) is 15.5. The molecule has 1 atom stereocenters. The van der Waals surface area contributed by atoms with Gasteiger partial charge in [-0.2, -0.15) is 0 Å². The number of carbonyl (C=O) groups excluding carboxylic acids is 1. The van der Waals surface area contributed by atoms with Gasteiger partial charge in [-0.15, -0.1) is 0 Å². The molecular formula is C32H48N4O2S. The molecular weight excluding hydrogens is 504 g/mol. The van der Waals surface area contributed by atoms with Gasteiger partial charge in [0.25, 0.3) is 0 Å². The van der Waals surface area contributed by atoms with Crippen molar-refractivity contribution in [3.05, 3.63) is 65.2 Å². The molecule has 1 aliphatic carbocycles. The van der Waals surface area contributed by atoms with Crippen molar-refractivity contribution in [3.8, 4) is 0 Å². The molecule has 39 heavy (non-hydrogen) atoms. The molecule has 0 bridgehead atoms. The molecule has 214 valence electrons. The Balaban J connectivity index is 1.22. The molecule has 2 aromatic carbocycles. The van der Waals surface area contributed by atoms with Gasteiger partial charge in [0.2, 0.25) is 5.91 Å². The largest absolute Gasteiger partial charge is 0.352 e. The molecule has 2 aromatic rings. The van der Waals surface area contributed by atoms with Crippen LogP contribution in [-0.4, -0.2) is 64.4 Å². The van der Waals surface area contributed by atoms with Gasteiger partial charge in [0, 0.05) is 30.6 Å². The van der Waals surface area contributed by atoms with E-state index >= 15 is 0 Å². The number of anilines is 1. The second-order valence-electron chi connectivity index (χ2n) is 11.5. The highest BCUT2D eigenvalue weighted by Gasteiger charge is 2.26. The zero-order valence-corrected chi connectivity index (χ0v) is 24.8. The molecule has 1 heterocycles. The Kier molecular flexibility index (Phi) is 11.9. The molecule has 7 heteroatoms. The number of carbonyl (C=O) groups is 1. The van der Waals surface area contributed by atoms with Crippen LogP contribution in [0.1, 0.15) is 81.4 Å². The van der Waals surface area contributed by atoms with Crippen LogP contribution in [0, 0.1) is 0 Å². The molecule has 6 nitrogen and oxygen atoms in total. The molecule has 1 saturated carbocycles. The smallest absolute Gasteiger partial charge is 0.234 e. The Morgan fingerprint density at radius 2 is 1.54 bits per heavy atom. The van der Waals surface area contributed by atoms with Crippen LogP contribution in [0.3, 0.4) is 0 Å². The normalized spacial score (nSPS) is 18.2. The Morgan fingerprint density at radius 3 is 2.15 bits per heavy atom. The summed E-state index contributed by atoms with van der Waals surface area (Å²) in [6.45, 7) is 6.97. The molecule has 1 unspecified atom stereocenters. The third kappa shape index (κ3) is 10.0. The van der Waals surface area contributed by atoms with Crippen LogP contribution >= 0.6 is 0 Å². The SMILES string of the molecule is CCCCN(CC(=O)NC1CCCCC1)C1CCN(Cc2ccc(Cc3ccc(NS(C)=O)cc3)cc2)CC1. The minimum atomic E-state index is -1.05. The van der Waals surface area contributed by atoms with Crippen LogP contribution in [0.5, 0.6) is 0 Å². The van der Waals surface area contributed by atoms with E-state index in [-0.39, 0.29) is 5.91 Å². The van der Waals surface area contributed by atoms with Crippen molar-refractivity contribution in [1.82, 2.24) is 15.1 Å². The summed E-state index contributed by atoms with van der Waals surface area (Å²) in [4.78, 5) is 17.9. The lowest BCUT2D eigenvalue weighted by atomic mass is 9.95. The zero-order valence-electron chi connectivity index (χ0n) is 24.0. The third-order valence-electron chi connectivity index (χ3n) is 8.24. The van der Waals surface area contributed by atoms with E-state index in [1.807, 2.05) is 12.1 Å². The highest BCUT2D eigenvalue weighted by Crippen LogP contribution is 2.21. The summed E-state index contributed by atoms with van der Waals surface area (Å²) < 4.78 is 14.3. The predicted octanol–water partition coefficient (Wildman–Crippen LogP) is 5.50. The van der Waals surface area contributed by atoms with Gasteiger partial charge in [0.1, 0.15) is 11.0 Å².